The van der Waals surface area contributed by atoms with Crippen molar-refractivity contribution in [1.82, 2.24) is 14.8 Å². The lowest BCUT2D eigenvalue weighted by Crippen LogP contribution is -2.49. The molecular weight excluding hydrogens is 346 g/mol. The summed E-state index contributed by atoms with van der Waals surface area (Å²) < 4.78 is 10.7. The van der Waals surface area contributed by atoms with E-state index in [2.05, 4.69) is 9.88 Å². The second-order valence-corrected chi connectivity index (χ2v) is 6.48. The molecule has 1 aliphatic heterocycles. The standard InChI is InChI=1S/C20H25N3O4/c1-26-16-6-7-18(27-2)17(13-16)19(20(24)25)23-11-9-22(10-12-23)14-15-5-3-4-8-21-15/h3-8,13,19H,9-12,14H2,1-2H3,(H,24,25)/t19-/m0/s1. The van der Waals surface area contributed by atoms with Crippen molar-refractivity contribution in [2.75, 3.05) is 40.4 Å². The van der Waals surface area contributed by atoms with Crippen LogP contribution >= 0.6 is 0 Å². The quantitative estimate of drug-likeness (QED) is 0.798. The van der Waals surface area contributed by atoms with E-state index < -0.39 is 12.0 Å². The molecule has 7 nitrogen and oxygen atoms in total. The molecule has 2 aromatic rings. The topological polar surface area (TPSA) is 75.1 Å². The fourth-order valence-corrected chi connectivity index (χ4v) is 3.44. The largest absolute Gasteiger partial charge is 0.497 e. The molecule has 0 amide bonds. The number of hydrogen-bond donors (Lipinski definition) is 1. The lowest BCUT2D eigenvalue weighted by molar-refractivity contribution is -0.144. The first kappa shape index (κ1) is 19.1. The smallest absolute Gasteiger partial charge is 0.325 e. The zero-order valence-corrected chi connectivity index (χ0v) is 15.7. The van der Waals surface area contributed by atoms with E-state index in [0.717, 1.165) is 25.3 Å². The number of piperazine rings is 1. The van der Waals surface area contributed by atoms with E-state index in [1.807, 2.05) is 23.1 Å². The van der Waals surface area contributed by atoms with Crippen LogP contribution in [0.3, 0.4) is 0 Å². The number of carboxylic acid groups (broad SMARTS) is 1. The van der Waals surface area contributed by atoms with E-state index in [1.165, 1.54) is 0 Å². The number of rotatable bonds is 7. The van der Waals surface area contributed by atoms with Crippen molar-refractivity contribution in [1.29, 1.82) is 0 Å². The molecule has 7 heteroatoms. The Morgan fingerprint density at radius 3 is 2.52 bits per heavy atom. The van der Waals surface area contributed by atoms with Gasteiger partial charge < -0.3 is 14.6 Å². The van der Waals surface area contributed by atoms with Crippen molar-refractivity contribution in [3.05, 3.63) is 53.9 Å². The van der Waals surface area contributed by atoms with Crippen LogP contribution in [-0.2, 0) is 11.3 Å². The average molecular weight is 371 g/mol. The predicted molar refractivity (Wildman–Crippen MR) is 101 cm³/mol. The summed E-state index contributed by atoms with van der Waals surface area (Å²) in [5.74, 6) is 0.282. The van der Waals surface area contributed by atoms with Gasteiger partial charge in [0.25, 0.3) is 0 Å². The minimum absolute atomic E-state index is 0.555. The van der Waals surface area contributed by atoms with Crippen LogP contribution in [-0.4, -0.2) is 66.3 Å². The van der Waals surface area contributed by atoms with Gasteiger partial charge in [0.2, 0.25) is 0 Å². The molecule has 1 aromatic carbocycles. The summed E-state index contributed by atoms with van der Waals surface area (Å²) in [6.07, 6.45) is 1.79. The number of carboxylic acids is 1. The molecule has 0 radical (unpaired) electrons. The number of carbonyl (C=O) groups is 1. The maximum absolute atomic E-state index is 12.1. The molecule has 27 heavy (non-hydrogen) atoms. The fraction of sp³-hybridized carbons (Fsp3) is 0.400. The Balaban J connectivity index is 1.73. The van der Waals surface area contributed by atoms with Gasteiger partial charge in [-0.15, -0.1) is 0 Å². The third kappa shape index (κ3) is 4.56. The molecule has 2 heterocycles. The summed E-state index contributed by atoms with van der Waals surface area (Å²) in [6.45, 7) is 3.66. The first-order valence-electron chi connectivity index (χ1n) is 8.93. The first-order chi connectivity index (χ1) is 13.1. The molecule has 0 unspecified atom stereocenters. The van der Waals surface area contributed by atoms with Crippen molar-refractivity contribution >= 4 is 5.97 Å². The van der Waals surface area contributed by atoms with Crippen LogP contribution in [0.25, 0.3) is 0 Å². The van der Waals surface area contributed by atoms with E-state index in [-0.39, 0.29) is 0 Å². The van der Waals surface area contributed by atoms with Crippen molar-refractivity contribution < 1.29 is 19.4 Å². The van der Waals surface area contributed by atoms with Gasteiger partial charge in [0.05, 0.1) is 19.9 Å². The Morgan fingerprint density at radius 2 is 1.93 bits per heavy atom. The summed E-state index contributed by atoms with van der Waals surface area (Å²) in [7, 11) is 3.12. The number of methoxy groups -OCH3 is 2. The SMILES string of the molecule is COc1ccc(OC)c([C@@H](C(=O)O)N2CCN(Cc3ccccn3)CC2)c1. The lowest BCUT2D eigenvalue weighted by atomic mass is 10.0. The number of pyridine rings is 1. The minimum Gasteiger partial charge on any atom is -0.497 e. The second-order valence-electron chi connectivity index (χ2n) is 6.48. The summed E-state index contributed by atoms with van der Waals surface area (Å²) in [5, 5.41) is 9.90. The third-order valence-corrected chi connectivity index (χ3v) is 4.85. The Labute approximate surface area is 159 Å². The average Bonchev–Trinajstić information content (AvgIpc) is 2.70. The van der Waals surface area contributed by atoms with Gasteiger partial charge in [-0.25, -0.2) is 0 Å². The summed E-state index contributed by atoms with van der Waals surface area (Å²) in [6, 6.07) is 10.4. The summed E-state index contributed by atoms with van der Waals surface area (Å²) >= 11 is 0. The maximum atomic E-state index is 12.1. The molecule has 0 aliphatic carbocycles. The third-order valence-electron chi connectivity index (χ3n) is 4.85. The van der Waals surface area contributed by atoms with Crippen molar-refractivity contribution in [3.63, 3.8) is 0 Å². The monoisotopic (exact) mass is 371 g/mol. The maximum Gasteiger partial charge on any atom is 0.325 e. The van der Waals surface area contributed by atoms with E-state index in [0.29, 0.717) is 30.2 Å². The van der Waals surface area contributed by atoms with E-state index >= 15 is 0 Å². The zero-order valence-electron chi connectivity index (χ0n) is 15.7. The number of nitrogens with zero attached hydrogens (tertiary/aromatic N) is 3. The Kier molecular flexibility index (Phi) is 6.26. The Morgan fingerprint density at radius 1 is 1.15 bits per heavy atom. The zero-order chi connectivity index (χ0) is 19.2. The highest BCUT2D eigenvalue weighted by atomic mass is 16.5. The molecule has 1 aromatic heterocycles. The van der Waals surface area contributed by atoms with Gasteiger partial charge >= 0.3 is 5.97 Å². The molecule has 0 spiro atoms. The van der Waals surface area contributed by atoms with Crippen LogP contribution in [0.15, 0.2) is 42.6 Å². The number of aromatic nitrogens is 1. The molecular formula is C20H25N3O4. The van der Waals surface area contributed by atoms with Gasteiger partial charge in [0.1, 0.15) is 17.5 Å². The molecule has 144 valence electrons. The molecule has 0 bridgehead atoms. The minimum atomic E-state index is -0.889. The van der Waals surface area contributed by atoms with Crippen LogP contribution in [0.4, 0.5) is 0 Å². The van der Waals surface area contributed by atoms with Gasteiger partial charge in [-0.3, -0.25) is 19.6 Å². The summed E-state index contributed by atoms with van der Waals surface area (Å²) in [5.41, 5.74) is 1.64. The van der Waals surface area contributed by atoms with Crippen LogP contribution < -0.4 is 9.47 Å². The first-order valence-corrected chi connectivity index (χ1v) is 8.93. The highest BCUT2D eigenvalue weighted by Gasteiger charge is 2.32. The number of hydrogen-bond acceptors (Lipinski definition) is 6. The fourth-order valence-electron chi connectivity index (χ4n) is 3.44. The van der Waals surface area contributed by atoms with Gasteiger partial charge in [-0.1, -0.05) is 6.07 Å². The predicted octanol–water partition coefficient (Wildman–Crippen LogP) is 2.04. The highest BCUT2D eigenvalue weighted by Crippen LogP contribution is 2.33. The Hall–Kier alpha value is -2.64. The molecule has 0 saturated carbocycles. The molecule has 1 aliphatic rings. The van der Waals surface area contributed by atoms with Crippen molar-refractivity contribution in [2.45, 2.75) is 12.6 Å². The Bertz CT molecular complexity index is 761. The molecule has 1 atom stereocenters. The number of benzene rings is 1. The molecule has 3 rings (SSSR count). The van der Waals surface area contributed by atoms with Crippen molar-refractivity contribution in [2.24, 2.45) is 0 Å². The van der Waals surface area contributed by atoms with Gasteiger partial charge in [-0.05, 0) is 30.3 Å². The lowest BCUT2D eigenvalue weighted by Gasteiger charge is -2.38. The normalized spacial score (nSPS) is 16.7. The van der Waals surface area contributed by atoms with Crippen LogP contribution in [0.5, 0.6) is 11.5 Å². The van der Waals surface area contributed by atoms with Gasteiger partial charge in [-0.2, -0.15) is 0 Å². The van der Waals surface area contributed by atoms with E-state index in [1.54, 1.807) is 38.6 Å². The van der Waals surface area contributed by atoms with Gasteiger partial charge in [0.15, 0.2) is 0 Å². The second kappa shape index (κ2) is 8.83. The molecule has 1 saturated heterocycles. The van der Waals surface area contributed by atoms with Crippen LogP contribution in [0, 0.1) is 0 Å². The molecule has 1 N–H and O–H groups in total. The van der Waals surface area contributed by atoms with E-state index in [4.69, 9.17) is 9.47 Å². The van der Waals surface area contributed by atoms with Crippen LogP contribution in [0.1, 0.15) is 17.3 Å². The summed E-state index contributed by atoms with van der Waals surface area (Å²) in [4.78, 5) is 20.7. The highest BCUT2D eigenvalue weighted by molar-refractivity contribution is 5.77. The van der Waals surface area contributed by atoms with Crippen molar-refractivity contribution in [3.8, 4) is 11.5 Å². The van der Waals surface area contributed by atoms with E-state index in [9.17, 15) is 9.90 Å². The number of aliphatic carboxylic acids is 1. The number of ether oxygens (including phenoxy) is 2. The molecule has 1 fully saturated rings. The van der Waals surface area contributed by atoms with Gasteiger partial charge in [0, 0.05) is 44.5 Å². The van der Waals surface area contributed by atoms with Crippen LogP contribution in [0.2, 0.25) is 0 Å².